The van der Waals surface area contributed by atoms with Gasteiger partial charge in [-0.25, -0.2) is 0 Å². The Morgan fingerprint density at radius 1 is 1.50 bits per heavy atom. The molecule has 0 bridgehead atoms. The molecule has 1 aromatic carbocycles. The molecule has 1 rings (SSSR count). The summed E-state index contributed by atoms with van der Waals surface area (Å²) in [5, 5.41) is 10.2. The topological polar surface area (TPSA) is 46.5 Å². The van der Waals surface area contributed by atoms with Gasteiger partial charge in [0.1, 0.15) is 0 Å². The van der Waals surface area contributed by atoms with Gasteiger partial charge in [-0.1, -0.05) is 53.2 Å². The molecule has 0 heterocycles. The number of methoxy groups -OCH3 is 1. The molecule has 0 saturated carbocycles. The fourth-order valence-electron chi connectivity index (χ4n) is 1.57. The Morgan fingerprint density at radius 3 is 2.78 bits per heavy atom. The molecule has 2 atom stereocenters. The number of halogens is 1. The average molecular weight is 313 g/mol. The summed E-state index contributed by atoms with van der Waals surface area (Å²) >= 11 is 3.41. The maximum absolute atomic E-state index is 10.9. The second-order valence-corrected chi connectivity index (χ2v) is 4.89. The summed E-state index contributed by atoms with van der Waals surface area (Å²) in [7, 11) is 1.36. The van der Waals surface area contributed by atoms with E-state index >= 15 is 0 Å². The first kappa shape index (κ1) is 14.9. The number of benzene rings is 1. The smallest absolute Gasteiger partial charge is 0.309 e. The van der Waals surface area contributed by atoms with Crippen LogP contribution in [0.15, 0.2) is 40.9 Å². The predicted molar refractivity (Wildman–Crippen MR) is 74.0 cm³/mol. The molecule has 1 aromatic rings. The van der Waals surface area contributed by atoms with E-state index < -0.39 is 6.10 Å². The van der Waals surface area contributed by atoms with Crippen LogP contribution < -0.4 is 0 Å². The maximum atomic E-state index is 10.9. The summed E-state index contributed by atoms with van der Waals surface area (Å²) in [6, 6.07) is 7.55. The van der Waals surface area contributed by atoms with Crippen molar-refractivity contribution in [2.45, 2.75) is 19.4 Å². The first-order chi connectivity index (χ1) is 8.56. The summed E-state index contributed by atoms with van der Waals surface area (Å²) in [5.74, 6) is -0.359. The van der Waals surface area contributed by atoms with Crippen LogP contribution in [0, 0.1) is 5.92 Å². The normalized spacial score (nSPS) is 14.4. The fourth-order valence-corrected chi connectivity index (χ4v) is 2.09. The third kappa shape index (κ3) is 4.27. The Bertz CT molecular complexity index is 429. The number of carbonyl (C=O) groups is 1. The lowest BCUT2D eigenvalue weighted by atomic mass is 9.97. The molecule has 0 aliphatic carbocycles. The van der Waals surface area contributed by atoms with Gasteiger partial charge >= 0.3 is 5.97 Å². The lowest BCUT2D eigenvalue weighted by Crippen LogP contribution is -2.07. The Kier molecular flexibility index (Phi) is 6.09. The van der Waals surface area contributed by atoms with Crippen LogP contribution in [-0.4, -0.2) is 18.2 Å². The first-order valence-corrected chi connectivity index (χ1v) is 6.51. The van der Waals surface area contributed by atoms with Crippen LogP contribution in [0.1, 0.15) is 25.0 Å². The Morgan fingerprint density at radius 2 is 2.17 bits per heavy atom. The van der Waals surface area contributed by atoms with E-state index in [0.29, 0.717) is 0 Å². The zero-order chi connectivity index (χ0) is 13.5. The minimum atomic E-state index is -0.602. The monoisotopic (exact) mass is 312 g/mol. The minimum Gasteiger partial charge on any atom is -0.469 e. The second-order valence-electron chi connectivity index (χ2n) is 4.03. The van der Waals surface area contributed by atoms with E-state index in [1.165, 1.54) is 7.11 Å². The second kappa shape index (κ2) is 7.34. The van der Waals surface area contributed by atoms with E-state index in [-0.39, 0.29) is 18.3 Å². The van der Waals surface area contributed by atoms with E-state index in [1.54, 1.807) is 6.08 Å². The molecule has 0 aliphatic rings. The van der Waals surface area contributed by atoms with E-state index in [0.717, 1.165) is 10.0 Å². The highest BCUT2D eigenvalue weighted by molar-refractivity contribution is 9.10. The van der Waals surface area contributed by atoms with Crippen molar-refractivity contribution in [2.75, 3.05) is 7.11 Å². The van der Waals surface area contributed by atoms with E-state index in [2.05, 4.69) is 20.7 Å². The maximum Gasteiger partial charge on any atom is 0.309 e. The van der Waals surface area contributed by atoms with E-state index in [9.17, 15) is 9.90 Å². The molecule has 18 heavy (non-hydrogen) atoms. The summed E-state index contributed by atoms with van der Waals surface area (Å²) in [4.78, 5) is 10.9. The van der Waals surface area contributed by atoms with Gasteiger partial charge in [-0.15, -0.1) is 0 Å². The Balaban J connectivity index is 2.64. The molecule has 0 amide bonds. The molecule has 1 N–H and O–H groups in total. The molecular formula is C14H17BrO3. The van der Waals surface area contributed by atoms with Crippen LogP contribution in [0.4, 0.5) is 0 Å². The highest BCUT2D eigenvalue weighted by atomic mass is 79.9. The quantitative estimate of drug-likeness (QED) is 0.670. The molecule has 0 aliphatic heterocycles. The van der Waals surface area contributed by atoms with Gasteiger partial charge in [0.15, 0.2) is 0 Å². The minimum absolute atomic E-state index is 0.0756. The number of hydrogen-bond acceptors (Lipinski definition) is 3. The van der Waals surface area contributed by atoms with Crippen LogP contribution in [0.25, 0.3) is 0 Å². The molecule has 4 heteroatoms. The molecular weight excluding hydrogens is 296 g/mol. The van der Waals surface area contributed by atoms with Crippen molar-refractivity contribution in [3.05, 3.63) is 46.5 Å². The number of aliphatic hydroxyl groups excluding tert-OH is 1. The average Bonchev–Trinajstić information content (AvgIpc) is 2.38. The number of esters is 1. The number of hydrogen-bond donors (Lipinski definition) is 1. The van der Waals surface area contributed by atoms with Crippen molar-refractivity contribution in [1.82, 2.24) is 0 Å². The number of ether oxygens (including phenoxy) is 1. The first-order valence-electron chi connectivity index (χ1n) is 5.72. The van der Waals surface area contributed by atoms with Gasteiger partial charge in [0.2, 0.25) is 0 Å². The van der Waals surface area contributed by atoms with Gasteiger partial charge in [0.25, 0.3) is 0 Å². The third-order valence-electron chi connectivity index (χ3n) is 2.67. The lowest BCUT2D eigenvalue weighted by Gasteiger charge is -2.17. The highest BCUT2D eigenvalue weighted by Gasteiger charge is 2.16. The zero-order valence-electron chi connectivity index (χ0n) is 10.5. The van der Waals surface area contributed by atoms with Gasteiger partial charge in [-0.3, -0.25) is 4.79 Å². The van der Waals surface area contributed by atoms with Crippen molar-refractivity contribution in [2.24, 2.45) is 5.92 Å². The van der Waals surface area contributed by atoms with Crippen molar-refractivity contribution in [1.29, 1.82) is 0 Å². The van der Waals surface area contributed by atoms with Crippen LogP contribution in [0.3, 0.4) is 0 Å². The molecule has 0 spiro atoms. The van der Waals surface area contributed by atoms with Gasteiger partial charge in [-0.05, 0) is 11.6 Å². The summed E-state index contributed by atoms with van der Waals surface area (Å²) < 4.78 is 5.42. The van der Waals surface area contributed by atoms with Gasteiger partial charge < -0.3 is 9.84 Å². The van der Waals surface area contributed by atoms with E-state index in [1.807, 2.05) is 37.3 Å². The van der Waals surface area contributed by atoms with Crippen LogP contribution in [0.5, 0.6) is 0 Å². The molecule has 3 nitrogen and oxygen atoms in total. The van der Waals surface area contributed by atoms with Gasteiger partial charge in [0.05, 0.1) is 19.6 Å². The van der Waals surface area contributed by atoms with Crippen LogP contribution in [0.2, 0.25) is 0 Å². The SMILES string of the molecule is COC(=O)CC=C[C@@H](C)[C@H](O)c1ccccc1Br. The predicted octanol–water partition coefficient (Wildman–Crippen LogP) is 3.24. The fraction of sp³-hybridized carbons (Fsp3) is 0.357. The number of aliphatic hydroxyl groups is 1. The van der Waals surface area contributed by atoms with E-state index in [4.69, 9.17) is 0 Å². The number of rotatable bonds is 5. The molecule has 0 saturated heterocycles. The Labute approximate surface area is 116 Å². The van der Waals surface area contributed by atoms with Crippen molar-refractivity contribution < 1.29 is 14.6 Å². The summed E-state index contributed by atoms with van der Waals surface area (Å²) in [5.41, 5.74) is 0.840. The summed E-state index contributed by atoms with van der Waals surface area (Å²) in [6.07, 6.45) is 3.16. The molecule has 0 fully saturated rings. The van der Waals surface area contributed by atoms with Crippen molar-refractivity contribution in [3.8, 4) is 0 Å². The summed E-state index contributed by atoms with van der Waals surface area (Å²) in [6.45, 7) is 1.90. The lowest BCUT2D eigenvalue weighted by molar-refractivity contribution is -0.139. The van der Waals surface area contributed by atoms with Crippen molar-refractivity contribution >= 4 is 21.9 Å². The van der Waals surface area contributed by atoms with Crippen LogP contribution in [-0.2, 0) is 9.53 Å². The molecule has 0 radical (unpaired) electrons. The van der Waals surface area contributed by atoms with Crippen LogP contribution >= 0.6 is 15.9 Å². The number of carbonyl (C=O) groups excluding carboxylic acids is 1. The van der Waals surface area contributed by atoms with Gasteiger partial charge in [0, 0.05) is 10.4 Å². The Hall–Kier alpha value is -1.13. The molecule has 0 aromatic heterocycles. The molecule has 98 valence electrons. The third-order valence-corrected chi connectivity index (χ3v) is 3.40. The largest absolute Gasteiger partial charge is 0.469 e. The van der Waals surface area contributed by atoms with Gasteiger partial charge in [-0.2, -0.15) is 0 Å². The van der Waals surface area contributed by atoms with Crippen molar-refractivity contribution in [3.63, 3.8) is 0 Å². The molecule has 0 unspecified atom stereocenters. The standard InChI is InChI=1S/C14H17BrO3/c1-10(6-5-9-13(16)18-2)14(17)11-7-3-4-8-12(11)15/h3-8,10,14,17H,9H2,1-2H3/t10-,14+/m1/s1. The highest BCUT2D eigenvalue weighted by Crippen LogP contribution is 2.28. The zero-order valence-corrected chi connectivity index (χ0v) is 12.1.